The first-order valence-corrected chi connectivity index (χ1v) is 7.89. The lowest BCUT2D eigenvalue weighted by Gasteiger charge is -2.13. The summed E-state index contributed by atoms with van der Waals surface area (Å²) in [6.07, 6.45) is 5.29. The number of benzene rings is 1. The molecule has 26 heavy (non-hydrogen) atoms. The highest BCUT2D eigenvalue weighted by Crippen LogP contribution is 2.07. The van der Waals surface area contributed by atoms with E-state index in [9.17, 15) is 4.39 Å². The van der Waals surface area contributed by atoms with E-state index in [4.69, 9.17) is 0 Å². The molecule has 3 rings (SSSR count). The van der Waals surface area contributed by atoms with Gasteiger partial charge in [0.2, 0.25) is 0 Å². The normalized spacial score (nSPS) is 10.9. The number of rotatable bonds is 5. The summed E-state index contributed by atoms with van der Waals surface area (Å²) in [4.78, 5) is 8.46. The van der Waals surface area contributed by atoms with Crippen LogP contribution in [0, 0.1) is 5.82 Å². The van der Waals surface area contributed by atoms with Gasteiger partial charge < -0.3 is 10.6 Å². The monoisotopic (exact) mass is 466 g/mol. The smallest absolute Gasteiger partial charge is 0.191 e. The predicted octanol–water partition coefficient (Wildman–Crippen LogP) is 2.89. The average Bonchev–Trinajstić information content (AvgIpc) is 3.18. The molecule has 0 amide bonds. The van der Waals surface area contributed by atoms with Crippen molar-refractivity contribution in [2.24, 2.45) is 4.99 Å². The van der Waals surface area contributed by atoms with Gasteiger partial charge in [-0.25, -0.2) is 14.1 Å². The Hall–Kier alpha value is -2.49. The number of aromatic nitrogens is 3. The zero-order chi connectivity index (χ0) is 17.5. The van der Waals surface area contributed by atoms with Crippen molar-refractivity contribution in [1.82, 2.24) is 25.4 Å². The van der Waals surface area contributed by atoms with E-state index in [1.165, 1.54) is 6.07 Å². The summed E-state index contributed by atoms with van der Waals surface area (Å²) in [5, 5.41) is 10.5. The summed E-state index contributed by atoms with van der Waals surface area (Å²) in [7, 11) is 1.68. The average molecular weight is 466 g/mol. The maximum atomic E-state index is 13.7. The molecular weight excluding hydrogens is 446 g/mol. The second-order valence-electron chi connectivity index (χ2n) is 5.34. The van der Waals surface area contributed by atoms with E-state index in [1.807, 2.05) is 30.5 Å². The molecule has 136 valence electrons. The van der Waals surface area contributed by atoms with Crippen LogP contribution >= 0.6 is 24.0 Å². The van der Waals surface area contributed by atoms with E-state index in [0.29, 0.717) is 24.6 Å². The van der Waals surface area contributed by atoms with Gasteiger partial charge in [-0.05, 0) is 29.8 Å². The number of nitrogens with one attached hydrogen (secondary N) is 2. The highest BCUT2D eigenvalue weighted by molar-refractivity contribution is 14.0. The minimum absolute atomic E-state index is 0. The summed E-state index contributed by atoms with van der Waals surface area (Å²) in [5.41, 5.74) is 1.63. The van der Waals surface area contributed by atoms with E-state index >= 15 is 0 Å². The van der Waals surface area contributed by atoms with Gasteiger partial charge in [0, 0.05) is 44.3 Å². The second-order valence-corrected chi connectivity index (χ2v) is 5.34. The quantitative estimate of drug-likeness (QED) is 0.345. The van der Waals surface area contributed by atoms with Gasteiger partial charge in [-0.3, -0.25) is 4.99 Å². The van der Waals surface area contributed by atoms with Crippen molar-refractivity contribution < 1.29 is 4.39 Å². The van der Waals surface area contributed by atoms with Crippen LogP contribution in [0.2, 0.25) is 0 Å². The standard InChI is InChI=1S/C18H19FN6.HI/c1-20-18(23-13-15-5-2-3-6-16(15)19)22-12-14-7-9-21-17(11-14)25-10-4-8-24-25;/h2-11H,12-13H2,1H3,(H2,20,22,23);1H. The molecule has 0 spiro atoms. The first-order chi connectivity index (χ1) is 12.3. The number of pyridine rings is 1. The molecule has 0 aliphatic heterocycles. The molecule has 0 aliphatic rings. The van der Waals surface area contributed by atoms with Crippen LogP contribution < -0.4 is 10.6 Å². The third-order valence-corrected chi connectivity index (χ3v) is 3.64. The number of guanidine groups is 1. The van der Waals surface area contributed by atoms with Crippen LogP contribution in [0.5, 0.6) is 0 Å². The van der Waals surface area contributed by atoms with Crippen molar-refractivity contribution in [2.75, 3.05) is 7.05 Å². The molecule has 0 saturated carbocycles. The topological polar surface area (TPSA) is 67.1 Å². The molecule has 2 heterocycles. The molecule has 0 aliphatic carbocycles. The highest BCUT2D eigenvalue weighted by Gasteiger charge is 2.04. The Kier molecular flexibility index (Phi) is 7.52. The summed E-state index contributed by atoms with van der Waals surface area (Å²) in [6.45, 7) is 0.926. The zero-order valence-electron chi connectivity index (χ0n) is 14.3. The van der Waals surface area contributed by atoms with Crippen molar-refractivity contribution in [1.29, 1.82) is 0 Å². The van der Waals surface area contributed by atoms with Crippen LogP contribution in [0.1, 0.15) is 11.1 Å². The number of hydrogen-bond acceptors (Lipinski definition) is 3. The van der Waals surface area contributed by atoms with Gasteiger partial charge in [0.25, 0.3) is 0 Å². The Balaban J connectivity index is 0.00000243. The zero-order valence-corrected chi connectivity index (χ0v) is 16.6. The Labute approximate surface area is 168 Å². The Morgan fingerprint density at radius 1 is 1.12 bits per heavy atom. The lowest BCUT2D eigenvalue weighted by atomic mass is 10.2. The third-order valence-electron chi connectivity index (χ3n) is 3.64. The van der Waals surface area contributed by atoms with Crippen molar-refractivity contribution in [3.8, 4) is 5.82 Å². The van der Waals surface area contributed by atoms with E-state index in [2.05, 4.69) is 25.7 Å². The minimum atomic E-state index is -0.233. The van der Waals surface area contributed by atoms with Crippen molar-refractivity contribution in [3.63, 3.8) is 0 Å². The number of nitrogens with zero attached hydrogens (tertiary/aromatic N) is 4. The molecule has 8 heteroatoms. The van der Waals surface area contributed by atoms with Crippen LogP contribution in [0.25, 0.3) is 5.82 Å². The SMILES string of the molecule is CN=C(NCc1ccnc(-n2cccn2)c1)NCc1ccccc1F.I. The first kappa shape index (κ1) is 19.8. The molecule has 0 atom stereocenters. The molecule has 2 aromatic heterocycles. The Morgan fingerprint density at radius 3 is 2.65 bits per heavy atom. The van der Waals surface area contributed by atoms with E-state index in [1.54, 1.807) is 36.3 Å². The largest absolute Gasteiger partial charge is 0.352 e. The van der Waals surface area contributed by atoms with Crippen LogP contribution in [0.15, 0.2) is 66.0 Å². The van der Waals surface area contributed by atoms with Gasteiger partial charge in [0.1, 0.15) is 5.82 Å². The first-order valence-electron chi connectivity index (χ1n) is 7.89. The lowest BCUT2D eigenvalue weighted by molar-refractivity contribution is 0.604. The second kappa shape index (κ2) is 9.85. The summed E-state index contributed by atoms with van der Waals surface area (Å²) in [6, 6.07) is 12.4. The molecule has 0 radical (unpaired) electrons. The predicted molar refractivity (Wildman–Crippen MR) is 110 cm³/mol. The van der Waals surface area contributed by atoms with Crippen molar-refractivity contribution in [3.05, 3.63) is 78.0 Å². The summed E-state index contributed by atoms with van der Waals surface area (Å²) < 4.78 is 15.4. The number of hydrogen-bond donors (Lipinski definition) is 2. The minimum Gasteiger partial charge on any atom is -0.352 e. The summed E-state index contributed by atoms with van der Waals surface area (Å²) in [5.74, 6) is 1.11. The number of halogens is 2. The van der Waals surface area contributed by atoms with E-state index in [-0.39, 0.29) is 29.8 Å². The van der Waals surface area contributed by atoms with Crippen molar-refractivity contribution in [2.45, 2.75) is 13.1 Å². The van der Waals surface area contributed by atoms with Gasteiger partial charge >= 0.3 is 0 Å². The fourth-order valence-electron chi connectivity index (χ4n) is 2.33. The van der Waals surface area contributed by atoms with Crippen molar-refractivity contribution >= 4 is 29.9 Å². The molecule has 0 bridgehead atoms. The van der Waals surface area contributed by atoms with E-state index in [0.717, 1.165) is 11.4 Å². The maximum absolute atomic E-state index is 13.7. The Bertz CT molecular complexity index is 850. The maximum Gasteiger partial charge on any atom is 0.191 e. The van der Waals surface area contributed by atoms with Gasteiger partial charge in [0.15, 0.2) is 11.8 Å². The lowest BCUT2D eigenvalue weighted by Crippen LogP contribution is -2.36. The van der Waals surface area contributed by atoms with E-state index < -0.39 is 0 Å². The molecule has 2 N–H and O–H groups in total. The molecular formula is C18H20FIN6. The number of aliphatic imine (C=N–C) groups is 1. The molecule has 0 saturated heterocycles. The van der Waals surface area contributed by atoms with Crippen LogP contribution in [0.3, 0.4) is 0 Å². The Morgan fingerprint density at radius 2 is 1.92 bits per heavy atom. The van der Waals surface area contributed by atoms with Crippen LogP contribution in [-0.4, -0.2) is 27.8 Å². The highest BCUT2D eigenvalue weighted by atomic mass is 127. The van der Waals surface area contributed by atoms with Gasteiger partial charge in [0.05, 0.1) is 0 Å². The molecule has 0 fully saturated rings. The molecule has 0 unspecified atom stereocenters. The van der Waals surface area contributed by atoms with Gasteiger partial charge in [-0.2, -0.15) is 5.10 Å². The van der Waals surface area contributed by atoms with Gasteiger partial charge in [-0.1, -0.05) is 18.2 Å². The van der Waals surface area contributed by atoms with Crippen LogP contribution in [0.4, 0.5) is 4.39 Å². The molecule has 6 nitrogen and oxygen atoms in total. The fourth-order valence-corrected chi connectivity index (χ4v) is 2.33. The fraction of sp³-hybridized carbons (Fsp3) is 0.167. The summed E-state index contributed by atoms with van der Waals surface area (Å²) >= 11 is 0. The molecule has 1 aromatic carbocycles. The van der Waals surface area contributed by atoms with Crippen LogP contribution in [-0.2, 0) is 13.1 Å². The third kappa shape index (κ3) is 5.25. The molecule has 3 aromatic rings. The van der Waals surface area contributed by atoms with Gasteiger partial charge in [-0.15, -0.1) is 24.0 Å².